The molecule has 1 aliphatic rings. The third kappa shape index (κ3) is 2.69. The summed E-state index contributed by atoms with van der Waals surface area (Å²) in [5.74, 6) is 0.472. The molecule has 0 N–H and O–H groups in total. The molecule has 1 atom stereocenters. The lowest BCUT2D eigenvalue weighted by molar-refractivity contribution is 0.0667. The van der Waals surface area contributed by atoms with Gasteiger partial charge in [0, 0.05) is 22.7 Å². The Morgan fingerprint density at radius 2 is 1.93 bits per heavy atom. The number of ether oxygens (including phenoxy) is 1. The van der Waals surface area contributed by atoms with Gasteiger partial charge in [-0.1, -0.05) is 40.8 Å². The number of hydrogen-bond acceptors (Lipinski definition) is 1. The predicted molar refractivity (Wildman–Crippen MR) is 66.7 cm³/mol. The zero-order chi connectivity index (χ0) is 10.7. The third-order valence-corrected chi connectivity index (χ3v) is 4.57. The van der Waals surface area contributed by atoms with Gasteiger partial charge in [0.25, 0.3) is 0 Å². The minimum absolute atomic E-state index is 0.0802. The van der Waals surface area contributed by atoms with E-state index < -0.39 is 0 Å². The smallest absolute Gasteiger partial charge is 0.127 e. The molecule has 0 spiro atoms. The van der Waals surface area contributed by atoms with Crippen LogP contribution in [-0.4, -0.2) is 13.2 Å². The highest BCUT2D eigenvalue weighted by molar-refractivity contribution is 14.1. The van der Waals surface area contributed by atoms with Crippen LogP contribution < -0.4 is 0 Å². The van der Waals surface area contributed by atoms with Gasteiger partial charge in [0.2, 0.25) is 0 Å². The minimum Gasteiger partial charge on any atom is -0.381 e. The van der Waals surface area contributed by atoms with Gasteiger partial charge in [-0.3, -0.25) is 0 Å². The summed E-state index contributed by atoms with van der Waals surface area (Å²) in [6, 6.07) is 7.08. The molecular formula is C12H14FIO. The number of alkyl halides is 1. The number of halogens is 2. The first-order chi connectivity index (χ1) is 7.29. The maximum atomic E-state index is 13.6. The van der Waals surface area contributed by atoms with Crippen molar-refractivity contribution in [3.05, 3.63) is 35.6 Å². The van der Waals surface area contributed by atoms with Crippen LogP contribution in [0.2, 0.25) is 0 Å². The molecule has 1 saturated heterocycles. The van der Waals surface area contributed by atoms with E-state index in [1.807, 2.05) is 12.1 Å². The summed E-state index contributed by atoms with van der Waals surface area (Å²) in [5.41, 5.74) is 0.838. The van der Waals surface area contributed by atoms with E-state index in [-0.39, 0.29) is 9.74 Å². The molecule has 0 unspecified atom stereocenters. The van der Waals surface area contributed by atoms with Crippen LogP contribution in [0.3, 0.4) is 0 Å². The van der Waals surface area contributed by atoms with Gasteiger partial charge in [-0.2, -0.15) is 0 Å². The second kappa shape index (κ2) is 5.25. The summed E-state index contributed by atoms with van der Waals surface area (Å²) in [6.45, 7) is 1.64. The van der Waals surface area contributed by atoms with Gasteiger partial charge >= 0.3 is 0 Å². The predicted octanol–water partition coefficient (Wildman–Crippen LogP) is 3.73. The Hall–Kier alpha value is -0.160. The molecule has 0 aliphatic carbocycles. The van der Waals surface area contributed by atoms with Crippen molar-refractivity contribution in [2.24, 2.45) is 5.92 Å². The van der Waals surface area contributed by atoms with Crippen molar-refractivity contribution >= 4 is 22.6 Å². The zero-order valence-electron chi connectivity index (χ0n) is 8.46. The summed E-state index contributed by atoms with van der Waals surface area (Å²) >= 11 is 2.36. The van der Waals surface area contributed by atoms with Crippen molar-refractivity contribution in [2.75, 3.05) is 13.2 Å². The lowest BCUT2D eigenvalue weighted by atomic mass is 9.92. The van der Waals surface area contributed by atoms with E-state index in [1.165, 1.54) is 0 Å². The van der Waals surface area contributed by atoms with Gasteiger partial charge in [0.15, 0.2) is 0 Å². The van der Waals surface area contributed by atoms with Crippen LogP contribution in [0.5, 0.6) is 0 Å². The Morgan fingerprint density at radius 3 is 2.60 bits per heavy atom. The molecule has 0 saturated carbocycles. The molecule has 1 aromatic rings. The first-order valence-corrected chi connectivity index (χ1v) is 6.50. The molecule has 1 heterocycles. The normalized spacial score (nSPS) is 20.1. The van der Waals surface area contributed by atoms with Crippen LogP contribution in [0.1, 0.15) is 22.3 Å². The van der Waals surface area contributed by atoms with E-state index >= 15 is 0 Å². The van der Waals surface area contributed by atoms with Crippen LogP contribution >= 0.6 is 22.6 Å². The highest BCUT2D eigenvalue weighted by Crippen LogP contribution is 2.38. The van der Waals surface area contributed by atoms with Crippen molar-refractivity contribution < 1.29 is 9.13 Å². The van der Waals surface area contributed by atoms with E-state index in [1.54, 1.807) is 12.1 Å². The molecule has 82 valence electrons. The Bertz CT molecular complexity index is 323. The van der Waals surface area contributed by atoms with Gasteiger partial charge < -0.3 is 4.74 Å². The maximum absolute atomic E-state index is 13.6. The Balaban J connectivity index is 2.12. The molecular weight excluding hydrogens is 306 g/mol. The summed E-state index contributed by atoms with van der Waals surface area (Å²) < 4.78 is 19.1. The van der Waals surface area contributed by atoms with Crippen molar-refractivity contribution in [1.82, 2.24) is 0 Å². The molecule has 1 aromatic carbocycles. The van der Waals surface area contributed by atoms with Crippen molar-refractivity contribution in [3.8, 4) is 0 Å². The molecule has 3 heteroatoms. The first-order valence-electron chi connectivity index (χ1n) is 5.25. The van der Waals surface area contributed by atoms with Crippen LogP contribution in [0, 0.1) is 11.7 Å². The van der Waals surface area contributed by atoms with Crippen LogP contribution in [-0.2, 0) is 4.74 Å². The Morgan fingerprint density at radius 1 is 1.27 bits per heavy atom. The average Bonchev–Trinajstić information content (AvgIpc) is 2.30. The summed E-state index contributed by atoms with van der Waals surface area (Å²) in [6.07, 6.45) is 2.09. The number of rotatable bonds is 2. The van der Waals surface area contributed by atoms with Crippen LogP contribution in [0.25, 0.3) is 0 Å². The monoisotopic (exact) mass is 320 g/mol. The number of hydrogen-bond donors (Lipinski definition) is 0. The first kappa shape index (κ1) is 11.3. The topological polar surface area (TPSA) is 9.23 Å². The molecule has 1 nitrogen and oxygen atoms in total. The molecule has 1 aliphatic heterocycles. The largest absolute Gasteiger partial charge is 0.381 e. The fourth-order valence-corrected chi connectivity index (χ4v) is 3.19. The van der Waals surface area contributed by atoms with E-state index in [0.29, 0.717) is 5.92 Å². The van der Waals surface area contributed by atoms with Gasteiger partial charge in [-0.25, -0.2) is 4.39 Å². The summed E-state index contributed by atoms with van der Waals surface area (Å²) in [4.78, 5) is 0. The lowest BCUT2D eigenvalue weighted by Crippen LogP contribution is -2.19. The molecule has 15 heavy (non-hydrogen) atoms. The quantitative estimate of drug-likeness (QED) is 0.596. The molecule has 0 aromatic heterocycles. The van der Waals surface area contributed by atoms with Crippen LogP contribution in [0.15, 0.2) is 24.3 Å². The third-order valence-electron chi connectivity index (χ3n) is 2.88. The van der Waals surface area contributed by atoms with Gasteiger partial charge in [-0.05, 0) is 24.8 Å². The van der Waals surface area contributed by atoms with Crippen LogP contribution in [0.4, 0.5) is 4.39 Å². The molecule has 0 radical (unpaired) electrons. The highest BCUT2D eigenvalue weighted by Gasteiger charge is 2.24. The summed E-state index contributed by atoms with van der Waals surface area (Å²) in [5, 5.41) is 0. The van der Waals surface area contributed by atoms with Gasteiger partial charge in [0.05, 0.1) is 0 Å². The average molecular weight is 320 g/mol. The Labute approximate surface area is 103 Å². The second-order valence-corrected chi connectivity index (χ2v) is 5.22. The Kier molecular flexibility index (Phi) is 3.97. The fourth-order valence-electron chi connectivity index (χ4n) is 1.96. The molecule has 1 fully saturated rings. The SMILES string of the molecule is Fc1ccccc1[C@@H](I)C1CCOCC1. The van der Waals surface area contributed by atoms with E-state index in [4.69, 9.17) is 4.74 Å². The minimum atomic E-state index is -0.0802. The highest BCUT2D eigenvalue weighted by atomic mass is 127. The molecule has 2 rings (SSSR count). The number of benzene rings is 1. The molecule has 0 amide bonds. The van der Waals surface area contributed by atoms with E-state index in [2.05, 4.69) is 22.6 Å². The molecule has 0 bridgehead atoms. The standard InChI is InChI=1S/C12H14FIO/c13-11-4-2-1-3-10(11)12(14)9-5-7-15-8-6-9/h1-4,9,12H,5-8H2/t12-/m0/s1. The maximum Gasteiger partial charge on any atom is 0.127 e. The second-order valence-electron chi connectivity index (χ2n) is 3.87. The van der Waals surface area contributed by atoms with E-state index in [9.17, 15) is 4.39 Å². The van der Waals surface area contributed by atoms with Crippen molar-refractivity contribution in [3.63, 3.8) is 0 Å². The fraction of sp³-hybridized carbons (Fsp3) is 0.500. The van der Waals surface area contributed by atoms with Crippen molar-refractivity contribution in [2.45, 2.75) is 16.8 Å². The summed E-state index contributed by atoms with van der Waals surface area (Å²) in [7, 11) is 0. The van der Waals surface area contributed by atoms with Gasteiger partial charge in [0.1, 0.15) is 5.82 Å². The van der Waals surface area contributed by atoms with Gasteiger partial charge in [-0.15, -0.1) is 0 Å². The zero-order valence-corrected chi connectivity index (χ0v) is 10.6. The lowest BCUT2D eigenvalue weighted by Gasteiger charge is -2.27. The van der Waals surface area contributed by atoms with Crippen molar-refractivity contribution in [1.29, 1.82) is 0 Å². The van der Waals surface area contributed by atoms with E-state index in [0.717, 1.165) is 31.6 Å².